The number of rotatable bonds is 5. The van der Waals surface area contributed by atoms with Gasteiger partial charge in [0.05, 0.1) is 12.1 Å². The highest BCUT2D eigenvalue weighted by atomic mass is 79.9. The molecule has 12 heteroatoms. The maximum atomic E-state index is 14.0. The first-order valence-corrected chi connectivity index (χ1v) is 17.1. The molecule has 4 aliphatic rings. The van der Waals surface area contributed by atoms with Crippen molar-refractivity contribution >= 4 is 50.7 Å². The van der Waals surface area contributed by atoms with Gasteiger partial charge in [-0.2, -0.15) is 0 Å². The van der Waals surface area contributed by atoms with E-state index in [1.165, 1.54) is 4.90 Å². The van der Waals surface area contributed by atoms with Crippen LogP contribution in [-0.2, 0) is 19.1 Å². The predicted molar refractivity (Wildman–Crippen MR) is 173 cm³/mol. The topological polar surface area (TPSA) is 147 Å². The van der Waals surface area contributed by atoms with Crippen LogP contribution in [0.2, 0.25) is 0 Å². The number of hydrogen-bond donors (Lipinski definition) is 3. The Labute approximate surface area is 276 Å². The normalized spacial score (nSPS) is 29.6. The Morgan fingerprint density at radius 3 is 2.70 bits per heavy atom. The molecule has 6 rings (SSSR count). The fraction of sp³-hybridized carbons (Fsp3) is 0.559. The third-order valence-electron chi connectivity index (χ3n) is 9.66. The number of carboxylic acids is 1. The second-order valence-electron chi connectivity index (χ2n) is 13.1. The van der Waals surface area contributed by atoms with E-state index in [4.69, 9.17) is 9.47 Å². The second-order valence-corrected chi connectivity index (χ2v) is 13.9. The van der Waals surface area contributed by atoms with Crippen molar-refractivity contribution in [2.24, 2.45) is 5.92 Å². The summed E-state index contributed by atoms with van der Waals surface area (Å²) in [5, 5.41) is 16.6. The zero-order valence-corrected chi connectivity index (χ0v) is 27.6. The first-order chi connectivity index (χ1) is 22.1. The van der Waals surface area contributed by atoms with Crippen LogP contribution >= 0.6 is 15.9 Å². The summed E-state index contributed by atoms with van der Waals surface area (Å²) in [5.74, 6) is -1.64. The van der Waals surface area contributed by atoms with E-state index in [1.54, 1.807) is 0 Å². The number of fused-ring (bicyclic) bond motifs is 3. The largest absolute Gasteiger partial charge is 0.488 e. The lowest BCUT2D eigenvalue weighted by atomic mass is 10.0. The minimum atomic E-state index is -1.39. The molecule has 2 aromatic rings. The third-order valence-corrected chi connectivity index (χ3v) is 10.3. The Morgan fingerprint density at radius 1 is 1.13 bits per heavy atom. The quantitative estimate of drug-likeness (QED) is 0.363. The first kappa shape index (κ1) is 32.3. The van der Waals surface area contributed by atoms with Crippen LogP contribution in [0.5, 0.6) is 5.75 Å². The average molecular weight is 698 g/mol. The predicted octanol–water partition coefficient (Wildman–Crippen LogP) is 5.17. The number of nitrogens with one attached hydrogen (secondary N) is 2. The Kier molecular flexibility index (Phi) is 9.54. The summed E-state index contributed by atoms with van der Waals surface area (Å²) in [6.45, 7) is 2.01. The molecule has 1 aromatic carbocycles. The monoisotopic (exact) mass is 696 g/mol. The molecule has 11 nitrogen and oxygen atoms in total. The number of nitrogens with zero attached hydrogens (tertiary/aromatic N) is 2. The van der Waals surface area contributed by atoms with Gasteiger partial charge in [0.1, 0.15) is 29.5 Å². The number of aliphatic carboxylic acids is 1. The van der Waals surface area contributed by atoms with Crippen molar-refractivity contribution in [3.63, 3.8) is 0 Å². The van der Waals surface area contributed by atoms with Crippen molar-refractivity contribution in [1.29, 1.82) is 0 Å². The molecule has 46 heavy (non-hydrogen) atoms. The SMILES string of the molecule is Cc1cc(O[C@@H]2C[C@H]3C(=O)N[C@]4(C(=O)O)C[C@H]4/C=C\CCCC[C@H](NC(=O)OC4CCCC4)CC(=O)N3C2)c2cccc(Br)c2n1. The number of benzene rings is 1. The van der Waals surface area contributed by atoms with Crippen LogP contribution in [0.1, 0.15) is 76.3 Å². The van der Waals surface area contributed by atoms with E-state index in [2.05, 4.69) is 31.5 Å². The standard InChI is InChI=1S/C34H41BrN4O7/c1-20-15-28(25-13-8-14-26(35)30(25)36-20)45-24-17-27-31(41)38-34(32(42)43)18-21(34)9-4-2-3-5-10-22(16-29(40)39(27)19-24)37-33(44)46-23-11-6-7-12-23/h4,8-9,13-15,21-24,27H,2-3,5-7,10-12,16-19H2,1H3,(H,37,44)(H,38,41)(H,42,43)/b9-4-/t21-,22+,24-,27+,34-/m1/s1. The second kappa shape index (κ2) is 13.6. The number of ether oxygens (including phenoxy) is 2. The van der Waals surface area contributed by atoms with Crippen LogP contribution in [0.3, 0.4) is 0 Å². The van der Waals surface area contributed by atoms with E-state index >= 15 is 0 Å². The number of aryl methyl sites for hydroxylation is 1. The van der Waals surface area contributed by atoms with Crippen LogP contribution in [-0.4, -0.2) is 75.2 Å². The summed E-state index contributed by atoms with van der Waals surface area (Å²) in [7, 11) is 0. The van der Waals surface area contributed by atoms with Gasteiger partial charge < -0.3 is 30.1 Å². The number of carbonyl (C=O) groups is 4. The number of carboxylic acid groups (broad SMARTS) is 1. The van der Waals surface area contributed by atoms with Crippen molar-refractivity contribution in [3.8, 4) is 5.75 Å². The minimum Gasteiger partial charge on any atom is -0.488 e. The number of pyridine rings is 1. The molecule has 3 amide bonds. The lowest BCUT2D eigenvalue weighted by Gasteiger charge is -2.27. The van der Waals surface area contributed by atoms with E-state index in [9.17, 15) is 24.3 Å². The van der Waals surface area contributed by atoms with Gasteiger partial charge in [-0.25, -0.2) is 9.59 Å². The maximum absolute atomic E-state index is 14.0. The molecule has 1 aromatic heterocycles. The van der Waals surface area contributed by atoms with Crippen molar-refractivity contribution in [2.75, 3.05) is 6.54 Å². The van der Waals surface area contributed by atoms with E-state index < -0.39 is 41.7 Å². The number of carbonyl (C=O) groups excluding carboxylic acids is 3. The average Bonchev–Trinajstić information content (AvgIpc) is 3.30. The van der Waals surface area contributed by atoms with Crippen LogP contribution in [0.15, 0.2) is 40.9 Å². The number of para-hydroxylation sites is 1. The fourth-order valence-electron chi connectivity index (χ4n) is 7.08. The molecule has 0 bridgehead atoms. The minimum absolute atomic E-state index is 0.0109. The number of amides is 3. The molecule has 246 valence electrons. The number of halogens is 1. The fourth-order valence-corrected chi connectivity index (χ4v) is 7.53. The molecular formula is C34H41BrN4O7. The Morgan fingerprint density at radius 2 is 1.91 bits per heavy atom. The Balaban J connectivity index is 1.25. The van der Waals surface area contributed by atoms with Crippen LogP contribution in [0.4, 0.5) is 4.79 Å². The van der Waals surface area contributed by atoms with Crippen LogP contribution in [0, 0.1) is 12.8 Å². The molecule has 0 radical (unpaired) electrons. The number of hydrogen-bond acceptors (Lipinski definition) is 7. The lowest BCUT2D eigenvalue weighted by molar-refractivity contribution is -0.145. The van der Waals surface area contributed by atoms with Crippen molar-refractivity contribution in [2.45, 2.75) is 107 Å². The van der Waals surface area contributed by atoms with Gasteiger partial charge in [-0.05, 0) is 86.4 Å². The molecule has 5 atom stereocenters. The van der Waals surface area contributed by atoms with Gasteiger partial charge >= 0.3 is 12.1 Å². The van der Waals surface area contributed by atoms with E-state index in [0.717, 1.165) is 66.0 Å². The summed E-state index contributed by atoms with van der Waals surface area (Å²) in [5.41, 5.74) is 0.111. The van der Waals surface area contributed by atoms with Gasteiger partial charge in [0, 0.05) is 46.4 Å². The summed E-state index contributed by atoms with van der Waals surface area (Å²) in [6.07, 6.45) is 9.81. The lowest BCUT2D eigenvalue weighted by Crippen LogP contribution is -2.53. The van der Waals surface area contributed by atoms with Crippen molar-refractivity contribution in [1.82, 2.24) is 20.5 Å². The molecule has 0 unspecified atom stereocenters. The van der Waals surface area contributed by atoms with E-state index in [1.807, 2.05) is 43.3 Å². The Hall–Kier alpha value is -3.67. The Bertz CT molecular complexity index is 1540. The highest BCUT2D eigenvalue weighted by Crippen LogP contribution is 2.45. The van der Waals surface area contributed by atoms with Crippen molar-refractivity contribution in [3.05, 3.63) is 46.6 Å². The molecule has 2 aliphatic carbocycles. The first-order valence-electron chi connectivity index (χ1n) is 16.3. The molecular weight excluding hydrogens is 656 g/mol. The van der Waals surface area contributed by atoms with Gasteiger partial charge in [-0.1, -0.05) is 24.6 Å². The maximum Gasteiger partial charge on any atom is 0.407 e. The summed E-state index contributed by atoms with van der Waals surface area (Å²) < 4.78 is 12.9. The molecule has 2 aliphatic heterocycles. The number of allylic oxidation sites excluding steroid dienone is 1. The van der Waals surface area contributed by atoms with E-state index in [0.29, 0.717) is 18.6 Å². The van der Waals surface area contributed by atoms with E-state index in [-0.39, 0.29) is 37.3 Å². The molecule has 0 spiro atoms. The summed E-state index contributed by atoms with van der Waals surface area (Å²) in [4.78, 5) is 59.1. The van der Waals surface area contributed by atoms with Gasteiger partial charge in [-0.15, -0.1) is 0 Å². The highest BCUT2D eigenvalue weighted by Gasteiger charge is 2.61. The third kappa shape index (κ3) is 7.01. The van der Waals surface area contributed by atoms with Crippen molar-refractivity contribution < 1.29 is 33.8 Å². The van der Waals surface area contributed by atoms with Gasteiger partial charge in [-0.3, -0.25) is 14.6 Å². The number of alkyl carbamates (subject to hydrolysis) is 1. The van der Waals surface area contributed by atoms with Gasteiger partial charge in [0.15, 0.2) is 0 Å². The zero-order valence-electron chi connectivity index (χ0n) is 26.0. The van der Waals surface area contributed by atoms with Crippen LogP contribution in [0.25, 0.3) is 10.9 Å². The molecule has 2 saturated carbocycles. The molecule has 3 heterocycles. The number of aromatic nitrogens is 1. The molecule has 1 saturated heterocycles. The van der Waals surface area contributed by atoms with Gasteiger partial charge in [0.2, 0.25) is 11.8 Å². The molecule has 3 fully saturated rings. The summed E-state index contributed by atoms with van der Waals surface area (Å²) in [6, 6.07) is 6.14. The van der Waals surface area contributed by atoms with Crippen LogP contribution < -0.4 is 15.4 Å². The zero-order chi connectivity index (χ0) is 32.4. The molecule has 3 N–H and O–H groups in total. The summed E-state index contributed by atoms with van der Waals surface area (Å²) >= 11 is 3.56. The highest BCUT2D eigenvalue weighted by molar-refractivity contribution is 9.10. The van der Waals surface area contributed by atoms with Gasteiger partial charge in [0.25, 0.3) is 0 Å². The smallest absolute Gasteiger partial charge is 0.407 e.